The van der Waals surface area contributed by atoms with Crippen LogP contribution in [-0.2, 0) is 19.0 Å². The van der Waals surface area contributed by atoms with E-state index >= 15 is 0 Å². The second-order valence-electron chi connectivity index (χ2n) is 14.6. The summed E-state index contributed by atoms with van der Waals surface area (Å²) < 4.78 is 19.4. The van der Waals surface area contributed by atoms with Crippen molar-refractivity contribution >= 4 is 5.97 Å². The summed E-state index contributed by atoms with van der Waals surface area (Å²) in [4.78, 5) is 12.4. The van der Waals surface area contributed by atoms with Gasteiger partial charge in [0, 0.05) is 25.2 Å². The van der Waals surface area contributed by atoms with Crippen LogP contribution in [0.4, 0.5) is 0 Å². The molecule has 0 aromatic heterocycles. The summed E-state index contributed by atoms with van der Waals surface area (Å²) in [6.07, 6.45) is 17.4. The Kier molecular flexibility index (Phi) is 6.87. The van der Waals surface area contributed by atoms with E-state index < -0.39 is 0 Å². The normalized spacial score (nSPS) is 50.6. The molecular weight excluding hydrogens is 460 g/mol. The third-order valence-electron chi connectivity index (χ3n) is 12.6. The Labute approximate surface area is 225 Å². The predicted molar refractivity (Wildman–Crippen MR) is 146 cm³/mol. The zero-order valence-electron chi connectivity index (χ0n) is 24.2. The molecule has 3 saturated carbocycles. The smallest absolute Gasteiger partial charge is 0.306 e. The third kappa shape index (κ3) is 4.17. The van der Waals surface area contributed by atoms with Crippen LogP contribution in [0.25, 0.3) is 0 Å². The summed E-state index contributed by atoms with van der Waals surface area (Å²) in [5.74, 6) is 3.77. The summed E-state index contributed by atoms with van der Waals surface area (Å²) in [5.41, 5.74) is 2.25. The van der Waals surface area contributed by atoms with Gasteiger partial charge in [0.2, 0.25) is 0 Å². The number of allylic oxidation sites excluding steroid dienone is 1. The number of esters is 1. The molecule has 4 nitrogen and oxygen atoms in total. The van der Waals surface area contributed by atoms with E-state index in [0.717, 1.165) is 62.9 Å². The lowest BCUT2D eigenvalue weighted by atomic mass is 9.47. The van der Waals surface area contributed by atoms with E-state index in [2.05, 4.69) is 40.7 Å². The highest BCUT2D eigenvalue weighted by Crippen LogP contribution is 2.70. The molecule has 5 fully saturated rings. The summed E-state index contributed by atoms with van der Waals surface area (Å²) in [7, 11) is 0. The van der Waals surface area contributed by atoms with Gasteiger partial charge in [0.25, 0.3) is 0 Å². The van der Waals surface area contributed by atoms with E-state index in [1.165, 1.54) is 38.5 Å². The topological polar surface area (TPSA) is 44.8 Å². The van der Waals surface area contributed by atoms with E-state index in [-0.39, 0.29) is 23.3 Å². The highest BCUT2D eigenvalue weighted by Gasteiger charge is 2.68. The third-order valence-corrected chi connectivity index (χ3v) is 12.6. The fourth-order valence-electron chi connectivity index (χ4n) is 10.5. The van der Waals surface area contributed by atoms with E-state index in [1.807, 2.05) is 0 Å². The molecule has 0 N–H and O–H groups in total. The van der Waals surface area contributed by atoms with Gasteiger partial charge >= 0.3 is 5.97 Å². The Morgan fingerprint density at radius 1 is 1.08 bits per heavy atom. The predicted octanol–water partition coefficient (Wildman–Crippen LogP) is 7.85. The number of fused-ring (bicyclic) bond motifs is 7. The fraction of sp³-hybridized carbons (Fsp3) is 0.909. The number of ether oxygens (including phenoxy) is 3. The summed E-state index contributed by atoms with van der Waals surface area (Å²) >= 11 is 0. The number of hydrogen-bond donors (Lipinski definition) is 0. The lowest BCUT2D eigenvalue weighted by molar-refractivity contribution is -0.272. The van der Waals surface area contributed by atoms with E-state index in [9.17, 15) is 4.79 Å². The van der Waals surface area contributed by atoms with Crippen molar-refractivity contribution in [2.24, 2.45) is 46.3 Å². The van der Waals surface area contributed by atoms with Crippen LogP contribution in [0.1, 0.15) is 118 Å². The molecule has 0 amide bonds. The van der Waals surface area contributed by atoms with E-state index in [1.54, 1.807) is 5.57 Å². The van der Waals surface area contributed by atoms with Gasteiger partial charge in [0.15, 0.2) is 5.79 Å². The minimum Gasteiger partial charge on any atom is -0.462 e. The first-order valence-corrected chi connectivity index (χ1v) is 15.9. The van der Waals surface area contributed by atoms with Crippen LogP contribution in [0.3, 0.4) is 0 Å². The molecule has 0 radical (unpaired) electrons. The average molecular weight is 513 g/mol. The van der Waals surface area contributed by atoms with Gasteiger partial charge in [0.1, 0.15) is 6.10 Å². The zero-order valence-corrected chi connectivity index (χ0v) is 24.2. The number of hydrogen-bond acceptors (Lipinski definition) is 4. The molecule has 0 aromatic carbocycles. The van der Waals surface area contributed by atoms with Crippen molar-refractivity contribution in [3.05, 3.63) is 11.6 Å². The van der Waals surface area contributed by atoms with Crippen molar-refractivity contribution in [1.29, 1.82) is 0 Å². The average Bonchev–Trinajstić information content (AvgIpc) is 3.31. The molecule has 0 aromatic rings. The summed E-state index contributed by atoms with van der Waals surface area (Å²) in [6.45, 7) is 13.0. The monoisotopic (exact) mass is 512 g/mol. The molecule has 11 atom stereocenters. The molecule has 4 heteroatoms. The first-order chi connectivity index (χ1) is 17.7. The SMILES string of the molecule is CCCCCC(=O)OC1CC[C@@]2(C)C(=CC[C@H]3[C@@H]4C[C@@H]5O[C@]6(CC[C@H](C)CO6)[C@@H](C)[C@@H]5[C@@]4(C)CC[C@@H]32)C1. The van der Waals surface area contributed by atoms with E-state index in [4.69, 9.17) is 14.2 Å². The first-order valence-electron chi connectivity index (χ1n) is 15.9. The van der Waals surface area contributed by atoms with Gasteiger partial charge in [0.05, 0.1) is 12.7 Å². The van der Waals surface area contributed by atoms with Crippen molar-refractivity contribution < 1.29 is 19.0 Å². The van der Waals surface area contributed by atoms with Crippen LogP contribution in [-0.4, -0.2) is 30.6 Å². The number of carbonyl (C=O) groups excluding carboxylic acids is 1. The highest BCUT2D eigenvalue weighted by atomic mass is 16.7. The van der Waals surface area contributed by atoms with Crippen LogP contribution >= 0.6 is 0 Å². The van der Waals surface area contributed by atoms with Gasteiger partial charge in [-0.2, -0.15) is 0 Å². The molecule has 208 valence electrons. The summed E-state index contributed by atoms with van der Waals surface area (Å²) in [6, 6.07) is 0. The largest absolute Gasteiger partial charge is 0.462 e. The van der Waals surface area contributed by atoms with Gasteiger partial charge in [-0.25, -0.2) is 0 Å². The fourth-order valence-corrected chi connectivity index (χ4v) is 10.5. The number of unbranched alkanes of at least 4 members (excludes halogenated alkanes) is 2. The molecule has 2 aliphatic heterocycles. The lowest BCUT2D eigenvalue weighted by Gasteiger charge is -2.58. The Balaban J connectivity index is 1.15. The highest BCUT2D eigenvalue weighted by molar-refractivity contribution is 5.69. The maximum Gasteiger partial charge on any atom is 0.306 e. The molecule has 2 saturated heterocycles. The van der Waals surface area contributed by atoms with E-state index in [0.29, 0.717) is 35.7 Å². The second-order valence-corrected chi connectivity index (χ2v) is 14.6. The minimum atomic E-state index is -0.315. The van der Waals surface area contributed by atoms with Crippen LogP contribution in [0.5, 0.6) is 0 Å². The van der Waals surface area contributed by atoms with Gasteiger partial charge in [-0.3, -0.25) is 4.79 Å². The Hall–Kier alpha value is -0.870. The molecule has 2 heterocycles. The molecule has 4 aliphatic carbocycles. The molecule has 37 heavy (non-hydrogen) atoms. The second kappa shape index (κ2) is 9.65. The lowest BCUT2D eigenvalue weighted by Crippen LogP contribution is -2.52. The van der Waals surface area contributed by atoms with Crippen LogP contribution in [0, 0.1) is 46.3 Å². The van der Waals surface area contributed by atoms with Gasteiger partial charge in [-0.05, 0) is 91.8 Å². The van der Waals surface area contributed by atoms with Gasteiger partial charge in [-0.15, -0.1) is 0 Å². The molecule has 0 bridgehead atoms. The maximum absolute atomic E-state index is 12.4. The van der Waals surface area contributed by atoms with Crippen LogP contribution in [0.2, 0.25) is 0 Å². The molecule has 1 unspecified atom stereocenters. The van der Waals surface area contributed by atoms with Gasteiger partial charge < -0.3 is 14.2 Å². The summed E-state index contributed by atoms with van der Waals surface area (Å²) in [5, 5.41) is 0. The van der Waals surface area contributed by atoms with Gasteiger partial charge in [-0.1, -0.05) is 59.1 Å². The molecule has 6 aliphatic rings. The number of carbonyl (C=O) groups is 1. The van der Waals surface area contributed by atoms with Crippen molar-refractivity contribution in [2.45, 2.75) is 136 Å². The Bertz CT molecular complexity index is 902. The quantitative estimate of drug-likeness (QED) is 0.214. The zero-order chi connectivity index (χ0) is 26.0. The first kappa shape index (κ1) is 26.4. The van der Waals surface area contributed by atoms with Crippen molar-refractivity contribution in [1.82, 2.24) is 0 Å². The minimum absolute atomic E-state index is 0.0190. The molecule has 6 rings (SSSR count). The van der Waals surface area contributed by atoms with Crippen LogP contribution in [0.15, 0.2) is 11.6 Å². The number of rotatable bonds is 5. The van der Waals surface area contributed by atoms with Crippen molar-refractivity contribution in [3.63, 3.8) is 0 Å². The molecule has 1 spiro atoms. The Morgan fingerprint density at radius 3 is 2.68 bits per heavy atom. The van der Waals surface area contributed by atoms with Crippen LogP contribution < -0.4 is 0 Å². The van der Waals surface area contributed by atoms with Crippen molar-refractivity contribution in [2.75, 3.05) is 6.61 Å². The Morgan fingerprint density at radius 2 is 1.92 bits per heavy atom. The standard InChI is InChI=1S/C33H52O4/c1-6-7-8-9-29(34)36-24-13-15-31(4)23(18-24)10-11-25-26(31)14-16-32(5)27(25)19-28-30(32)22(3)33(37-28)17-12-21(2)20-35-33/h10,21-22,24-28,30H,6-9,11-20H2,1-5H3/t21-,22-,24?,25+,26-,27-,28-,30-,31-,32-,33+/m0/s1. The maximum atomic E-state index is 12.4. The van der Waals surface area contributed by atoms with Crippen molar-refractivity contribution in [3.8, 4) is 0 Å². The molecular formula is C33H52O4.